The van der Waals surface area contributed by atoms with Gasteiger partial charge in [0.25, 0.3) is 15.9 Å². The summed E-state index contributed by atoms with van der Waals surface area (Å²) in [6.07, 6.45) is -0.0700. The monoisotopic (exact) mass is 475 g/mol. The van der Waals surface area contributed by atoms with E-state index in [1.165, 1.54) is 61.6 Å². The number of hydrogen-bond donors (Lipinski definition) is 2. The lowest BCUT2D eigenvalue weighted by atomic mass is 10.1. The molecule has 0 aromatic heterocycles. The van der Waals surface area contributed by atoms with Crippen LogP contribution in [0.4, 0.5) is 10.1 Å². The third-order valence-electron chi connectivity index (χ3n) is 4.52. The highest BCUT2D eigenvalue weighted by atomic mass is 35.5. The average molecular weight is 476 g/mol. The van der Waals surface area contributed by atoms with Crippen LogP contribution < -0.4 is 15.2 Å². The maximum absolute atomic E-state index is 13.0. The number of anilines is 1. The molecule has 0 atom stereocenters. The summed E-state index contributed by atoms with van der Waals surface area (Å²) in [7, 11) is -2.59. The Labute approximate surface area is 189 Å². The van der Waals surface area contributed by atoms with Crippen molar-refractivity contribution in [3.8, 4) is 0 Å². The zero-order chi connectivity index (χ0) is 23.3. The van der Waals surface area contributed by atoms with E-state index in [2.05, 4.69) is 10.9 Å². The predicted octanol–water partition coefficient (Wildman–Crippen LogP) is 3.31. The highest BCUT2D eigenvalue weighted by molar-refractivity contribution is 7.92. The first-order chi connectivity index (χ1) is 15.2. The molecule has 0 bridgehead atoms. The van der Waals surface area contributed by atoms with E-state index in [0.717, 1.165) is 4.31 Å². The van der Waals surface area contributed by atoms with Gasteiger partial charge < -0.3 is 0 Å². The van der Waals surface area contributed by atoms with Crippen LogP contribution in [0.2, 0.25) is 5.02 Å². The van der Waals surface area contributed by atoms with Gasteiger partial charge in [-0.2, -0.15) is 0 Å². The Morgan fingerprint density at radius 2 is 1.66 bits per heavy atom. The highest BCUT2D eigenvalue weighted by Crippen LogP contribution is 2.25. The summed E-state index contributed by atoms with van der Waals surface area (Å²) in [6, 6.07) is 17.1. The summed E-state index contributed by atoms with van der Waals surface area (Å²) < 4.78 is 39.9. The van der Waals surface area contributed by atoms with Crippen molar-refractivity contribution >= 4 is 39.1 Å². The first-order valence-corrected chi connectivity index (χ1v) is 11.2. The number of hydrazine groups is 1. The van der Waals surface area contributed by atoms with Crippen LogP contribution in [-0.2, 0) is 21.2 Å². The van der Waals surface area contributed by atoms with Gasteiger partial charge >= 0.3 is 0 Å². The van der Waals surface area contributed by atoms with Gasteiger partial charge in [0.2, 0.25) is 5.91 Å². The number of halogens is 2. The van der Waals surface area contributed by atoms with Gasteiger partial charge in [-0.05, 0) is 54.1 Å². The van der Waals surface area contributed by atoms with Crippen LogP contribution in [0, 0.1) is 5.82 Å². The number of amides is 2. The quantitative estimate of drug-likeness (QED) is 0.535. The maximum atomic E-state index is 13.0. The Balaban J connectivity index is 1.68. The van der Waals surface area contributed by atoms with E-state index < -0.39 is 27.7 Å². The van der Waals surface area contributed by atoms with E-state index in [0.29, 0.717) is 16.3 Å². The topological polar surface area (TPSA) is 95.6 Å². The number of benzene rings is 3. The summed E-state index contributed by atoms with van der Waals surface area (Å²) in [4.78, 5) is 24.3. The van der Waals surface area contributed by atoms with Gasteiger partial charge in [-0.15, -0.1) is 0 Å². The van der Waals surface area contributed by atoms with Crippen LogP contribution in [0.1, 0.15) is 15.9 Å². The fourth-order valence-corrected chi connectivity index (χ4v) is 4.22. The molecule has 0 saturated carbocycles. The fourth-order valence-electron chi connectivity index (χ4n) is 2.80. The number of sulfonamides is 1. The standard InChI is InChI=1S/C22H19ClFN3O4S/c1-27(19-6-3-5-17(23)14-19)32(30,31)20-7-2-4-16(13-20)22(29)26-25-21(28)12-15-8-10-18(24)11-9-15/h2-11,13-14H,12H2,1H3,(H,25,28)(H,26,29). The first kappa shape index (κ1) is 23.2. The highest BCUT2D eigenvalue weighted by Gasteiger charge is 2.22. The Bertz CT molecular complexity index is 1250. The Kier molecular flexibility index (Phi) is 7.12. The fraction of sp³-hybridized carbons (Fsp3) is 0.0909. The second-order valence-electron chi connectivity index (χ2n) is 6.79. The molecule has 2 amide bonds. The first-order valence-electron chi connectivity index (χ1n) is 9.35. The van der Waals surface area contributed by atoms with Crippen LogP contribution in [0.3, 0.4) is 0 Å². The van der Waals surface area contributed by atoms with Crippen LogP contribution in [0.25, 0.3) is 0 Å². The summed E-state index contributed by atoms with van der Waals surface area (Å²) >= 11 is 5.94. The molecule has 32 heavy (non-hydrogen) atoms. The molecule has 3 rings (SSSR count). The molecule has 0 fully saturated rings. The summed E-state index contributed by atoms with van der Waals surface area (Å²) in [5, 5.41) is 0.383. The number of rotatable bonds is 6. The number of carbonyl (C=O) groups excluding carboxylic acids is 2. The molecule has 166 valence electrons. The molecule has 3 aromatic carbocycles. The largest absolute Gasteiger partial charge is 0.273 e. The molecule has 0 unspecified atom stereocenters. The normalized spacial score (nSPS) is 11.0. The lowest BCUT2D eigenvalue weighted by Crippen LogP contribution is -2.42. The number of carbonyl (C=O) groups is 2. The Morgan fingerprint density at radius 1 is 0.969 bits per heavy atom. The molecule has 0 radical (unpaired) electrons. The molecule has 0 aliphatic carbocycles. The zero-order valence-electron chi connectivity index (χ0n) is 16.9. The minimum Gasteiger partial charge on any atom is -0.273 e. The van der Waals surface area contributed by atoms with Crippen molar-refractivity contribution in [1.82, 2.24) is 10.9 Å². The maximum Gasteiger partial charge on any atom is 0.269 e. The molecule has 2 N–H and O–H groups in total. The minimum absolute atomic E-state index is 0.0349. The molecule has 0 spiro atoms. The van der Waals surface area contributed by atoms with Crippen molar-refractivity contribution < 1.29 is 22.4 Å². The van der Waals surface area contributed by atoms with Gasteiger partial charge in [-0.1, -0.05) is 35.9 Å². The van der Waals surface area contributed by atoms with Gasteiger partial charge in [-0.25, -0.2) is 12.8 Å². The van der Waals surface area contributed by atoms with Gasteiger partial charge in [0.1, 0.15) is 5.82 Å². The minimum atomic E-state index is -3.96. The van der Waals surface area contributed by atoms with Gasteiger partial charge in [0.15, 0.2) is 0 Å². The molecule has 0 aliphatic heterocycles. The Morgan fingerprint density at radius 3 is 2.34 bits per heavy atom. The van der Waals surface area contributed by atoms with Gasteiger partial charge in [0.05, 0.1) is 17.0 Å². The number of nitrogens with zero attached hydrogens (tertiary/aromatic N) is 1. The molecule has 3 aromatic rings. The van der Waals surface area contributed by atoms with Crippen LogP contribution in [-0.4, -0.2) is 27.3 Å². The molecular formula is C22H19ClFN3O4S. The molecule has 0 heterocycles. The Hall–Kier alpha value is -3.43. The zero-order valence-corrected chi connectivity index (χ0v) is 18.5. The second kappa shape index (κ2) is 9.80. The van der Waals surface area contributed by atoms with Crippen molar-refractivity contribution in [3.05, 3.63) is 94.8 Å². The third-order valence-corrected chi connectivity index (χ3v) is 6.54. The van der Waals surface area contributed by atoms with E-state index in [-0.39, 0.29) is 16.9 Å². The molecular weight excluding hydrogens is 457 g/mol. The van der Waals surface area contributed by atoms with Crippen molar-refractivity contribution in [1.29, 1.82) is 0 Å². The summed E-state index contributed by atoms with van der Waals surface area (Å²) in [5.74, 6) is -1.63. The van der Waals surface area contributed by atoms with Crippen molar-refractivity contribution in [2.45, 2.75) is 11.3 Å². The van der Waals surface area contributed by atoms with Gasteiger partial charge in [0, 0.05) is 17.6 Å². The number of hydrogen-bond acceptors (Lipinski definition) is 4. The van der Waals surface area contributed by atoms with Crippen LogP contribution in [0.15, 0.2) is 77.7 Å². The van der Waals surface area contributed by atoms with E-state index in [1.54, 1.807) is 18.2 Å². The molecule has 7 nitrogen and oxygen atoms in total. The van der Waals surface area contributed by atoms with Crippen molar-refractivity contribution in [2.24, 2.45) is 0 Å². The molecule has 0 aliphatic rings. The van der Waals surface area contributed by atoms with E-state index in [9.17, 15) is 22.4 Å². The summed E-state index contributed by atoms with van der Waals surface area (Å²) in [5.41, 5.74) is 5.45. The average Bonchev–Trinajstić information content (AvgIpc) is 2.78. The summed E-state index contributed by atoms with van der Waals surface area (Å²) in [6.45, 7) is 0. The van der Waals surface area contributed by atoms with E-state index in [4.69, 9.17) is 11.6 Å². The number of nitrogens with one attached hydrogen (secondary N) is 2. The van der Waals surface area contributed by atoms with Crippen molar-refractivity contribution in [2.75, 3.05) is 11.4 Å². The molecule has 0 saturated heterocycles. The lowest BCUT2D eigenvalue weighted by molar-refractivity contribution is -0.121. The van der Waals surface area contributed by atoms with Gasteiger partial charge in [-0.3, -0.25) is 24.7 Å². The predicted molar refractivity (Wildman–Crippen MR) is 119 cm³/mol. The smallest absolute Gasteiger partial charge is 0.269 e. The SMILES string of the molecule is CN(c1cccc(Cl)c1)S(=O)(=O)c1cccc(C(=O)NNC(=O)Cc2ccc(F)cc2)c1. The van der Waals surface area contributed by atoms with Crippen molar-refractivity contribution in [3.63, 3.8) is 0 Å². The van der Waals surface area contributed by atoms with E-state index in [1.807, 2.05) is 0 Å². The van der Waals surface area contributed by atoms with Crippen LogP contribution >= 0.6 is 11.6 Å². The van der Waals surface area contributed by atoms with E-state index >= 15 is 0 Å². The second-order valence-corrected chi connectivity index (χ2v) is 9.19. The third kappa shape index (κ3) is 5.63. The molecule has 10 heteroatoms. The van der Waals surface area contributed by atoms with Crippen LogP contribution in [0.5, 0.6) is 0 Å². The lowest BCUT2D eigenvalue weighted by Gasteiger charge is -2.20.